The molecule has 1 unspecified atom stereocenters. The number of hydrogen-bond acceptors (Lipinski definition) is 5. The average molecular weight is 413 g/mol. The Bertz CT molecular complexity index is 1110. The topological polar surface area (TPSA) is 86.9 Å². The Kier molecular flexibility index (Phi) is 5.51. The summed E-state index contributed by atoms with van der Waals surface area (Å²) in [6.07, 6.45) is 3.24. The number of hydrogen-bond donors (Lipinski definition) is 2. The van der Waals surface area contributed by atoms with Crippen LogP contribution in [-0.2, 0) is 6.54 Å². The zero-order valence-corrected chi connectivity index (χ0v) is 16.5. The number of rotatable bonds is 5. The molecule has 1 aliphatic rings. The summed E-state index contributed by atoms with van der Waals surface area (Å²) in [5.41, 5.74) is 2.05. The van der Waals surface area contributed by atoms with E-state index in [1.54, 1.807) is 23.1 Å². The Morgan fingerprint density at radius 1 is 1.28 bits per heavy atom. The molecule has 4 rings (SSSR count). The van der Waals surface area contributed by atoms with Crippen molar-refractivity contribution in [3.63, 3.8) is 0 Å². The van der Waals surface area contributed by atoms with Crippen molar-refractivity contribution in [3.05, 3.63) is 75.3 Å². The minimum absolute atomic E-state index is 0.0314. The Morgan fingerprint density at radius 3 is 2.93 bits per heavy atom. The lowest BCUT2D eigenvalue weighted by Crippen LogP contribution is -2.37. The van der Waals surface area contributed by atoms with E-state index in [1.165, 1.54) is 16.7 Å². The summed E-state index contributed by atoms with van der Waals surface area (Å²) in [4.78, 5) is 31.5. The second kappa shape index (κ2) is 8.23. The maximum atomic E-state index is 13.0. The number of aliphatic hydroxyl groups is 1. The van der Waals surface area contributed by atoms with Crippen LogP contribution in [0.3, 0.4) is 0 Å². The first-order valence-corrected chi connectivity index (χ1v) is 9.87. The molecule has 0 saturated carbocycles. The predicted octanol–water partition coefficient (Wildman–Crippen LogP) is 2.56. The number of para-hydroxylation sites is 1. The zero-order chi connectivity index (χ0) is 20.4. The minimum Gasteiger partial charge on any atom is -0.394 e. The first-order valence-electron chi connectivity index (χ1n) is 9.49. The number of likely N-dealkylation sites (tertiary alicyclic amines) is 1. The predicted molar refractivity (Wildman–Crippen MR) is 111 cm³/mol. The molecule has 3 heterocycles. The van der Waals surface area contributed by atoms with Crippen molar-refractivity contribution in [2.45, 2.75) is 25.4 Å². The molecule has 1 saturated heterocycles. The number of carbonyl (C=O) groups excluding carboxylic acids is 1. The Morgan fingerprint density at radius 2 is 2.10 bits per heavy atom. The second-order valence-corrected chi connectivity index (χ2v) is 7.47. The summed E-state index contributed by atoms with van der Waals surface area (Å²) >= 11 is 5.94. The van der Waals surface area contributed by atoms with Crippen LogP contribution in [-0.4, -0.2) is 44.5 Å². The number of benzene rings is 1. The number of fused-ring (bicyclic) bond motifs is 1. The van der Waals surface area contributed by atoms with Gasteiger partial charge in [-0.25, -0.2) is 4.98 Å². The van der Waals surface area contributed by atoms with Crippen LogP contribution in [0.2, 0.25) is 5.02 Å². The zero-order valence-electron chi connectivity index (χ0n) is 15.7. The molecule has 0 bridgehead atoms. The Balaban J connectivity index is 1.57. The van der Waals surface area contributed by atoms with Crippen LogP contribution in [0.1, 0.15) is 28.9 Å². The molecule has 8 heteroatoms. The molecule has 7 nitrogen and oxygen atoms in total. The van der Waals surface area contributed by atoms with Crippen LogP contribution in [0.15, 0.2) is 53.5 Å². The van der Waals surface area contributed by atoms with Gasteiger partial charge in [-0.05, 0) is 37.1 Å². The molecule has 0 radical (unpaired) electrons. The standard InChI is InChI=1S/C21H21ClN4O3/c22-14-7-8-19-24-15(10-20(28)26(19)12-14)11-23-18-6-2-1-5-17(18)21(29)25-9-3-4-16(25)13-27/h1-2,5-8,10,12,16,23,27H,3-4,9,11,13H2. The third-order valence-corrected chi connectivity index (χ3v) is 5.37. The first kappa shape index (κ1) is 19.4. The highest BCUT2D eigenvalue weighted by atomic mass is 35.5. The van der Waals surface area contributed by atoms with Gasteiger partial charge in [-0.15, -0.1) is 0 Å². The minimum atomic E-state index is -0.221. The van der Waals surface area contributed by atoms with E-state index >= 15 is 0 Å². The molecule has 29 heavy (non-hydrogen) atoms. The number of nitrogens with one attached hydrogen (secondary N) is 1. The van der Waals surface area contributed by atoms with E-state index in [2.05, 4.69) is 10.3 Å². The van der Waals surface area contributed by atoms with E-state index in [1.807, 2.05) is 18.2 Å². The summed E-state index contributed by atoms with van der Waals surface area (Å²) < 4.78 is 1.39. The second-order valence-electron chi connectivity index (χ2n) is 7.04. The van der Waals surface area contributed by atoms with Crippen molar-refractivity contribution >= 4 is 28.8 Å². The van der Waals surface area contributed by atoms with Crippen LogP contribution < -0.4 is 10.9 Å². The highest BCUT2D eigenvalue weighted by Crippen LogP contribution is 2.24. The number of anilines is 1. The van der Waals surface area contributed by atoms with Crippen LogP contribution in [0.4, 0.5) is 5.69 Å². The summed E-state index contributed by atoms with van der Waals surface area (Å²) in [6.45, 7) is 0.905. The summed E-state index contributed by atoms with van der Waals surface area (Å²) in [5.74, 6) is -0.106. The van der Waals surface area contributed by atoms with Crippen molar-refractivity contribution in [2.24, 2.45) is 0 Å². The fraction of sp³-hybridized carbons (Fsp3) is 0.286. The van der Waals surface area contributed by atoms with E-state index in [0.717, 1.165) is 12.8 Å². The van der Waals surface area contributed by atoms with Gasteiger partial charge in [0.2, 0.25) is 0 Å². The summed E-state index contributed by atoms with van der Waals surface area (Å²) in [6, 6.07) is 11.9. The molecule has 2 aromatic heterocycles. The van der Waals surface area contributed by atoms with Gasteiger partial charge in [0.25, 0.3) is 11.5 Å². The van der Waals surface area contributed by atoms with Gasteiger partial charge in [-0.3, -0.25) is 14.0 Å². The number of amides is 1. The molecule has 2 N–H and O–H groups in total. The summed E-state index contributed by atoms with van der Waals surface area (Å²) in [7, 11) is 0. The average Bonchev–Trinajstić information content (AvgIpc) is 3.21. The van der Waals surface area contributed by atoms with Crippen LogP contribution >= 0.6 is 11.6 Å². The van der Waals surface area contributed by atoms with Gasteiger partial charge in [-0.2, -0.15) is 0 Å². The van der Waals surface area contributed by atoms with Crippen molar-refractivity contribution in [3.8, 4) is 0 Å². The van der Waals surface area contributed by atoms with Crippen molar-refractivity contribution in [1.29, 1.82) is 0 Å². The van der Waals surface area contributed by atoms with Crippen molar-refractivity contribution in [1.82, 2.24) is 14.3 Å². The molecule has 3 aromatic rings. The molecule has 1 aromatic carbocycles. The lowest BCUT2D eigenvalue weighted by molar-refractivity contribution is 0.0678. The number of carbonyl (C=O) groups is 1. The highest BCUT2D eigenvalue weighted by Gasteiger charge is 2.29. The molecule has 1 aliphatic heterocycles. The molecule has 0 spiro atoms. The number of aromatic nitrogens is 2. The Hall–Kier alpha value is -2.90. The molecular weight excluding hydrogens is 392 g/mol. The van der Waals surface area contributed by atoms with E-state index in [0.29, 0.717) is 40.7 Å². The van der Waals surface area contributed by atoms with E-state index < -0.39 is 0 Å². The third kappa shape index (κ3) is 3.97. The van der Waals surface area contributed by atoms with Crippen molar-refractivity contribution in [2.75, 3.05) is 18.5 Å². The van der Waals surface area contributed by atoms with Gasteiger partial charge in [0.05, 0.1) is 35.5 Å². The van der Waals surface area contributed by atoms with E-state index in [9.17, 15) is 14.7 Å². The van der Waals surface area contributed by atoms with Crippen molar-refractivity contribution < 1.29 is 9.90 Å². The molecule has 1 fully saturated rings. The maximum absolute atomic E-state index is 13.0. The van der Waals surface area contributed by atoms with E-state index in [-0.39, 0.29) is 24.1 Å². The fourth-order valence-electron chi connectivity index (χ4n) is 3.67. The lowest BCUT2D eigenvalue weighted by atomic mass is 10.1. The van der Waals surface area contributed by atoms with Crippen LogP contribution in [0.5, 0.6) is 0 Å². The number of aliphatic hydroxyl groups excluding tert-OH is 1. The summed E-state index contributed by atoms with van der Waals surface area (Å²) in [5, 5.41) is 13.2. The monoisotopic (exact) mass is 412 g/mol. The van der Waals surface area contributed by atoms with E-state index in [4.69, 9.17) is 11.6 Å². The molecule has 1 amide bonds. The molecule has 0 aliphatic carbocycles. The lowest BCUT2D eigenvalue weighted by Gasteiger charge is -2.24. The van der Waals surface area contributed by atoms with Gasteiger partial charge >= 0.3 is 0 Å². The molecular formula is C21H21ClN4O3. The maximum Gasteiger partial charge on any atom is 0.258 e. The number of pyridine rings is 1. The van der Waals surface area contributed by atoms with Gasteiger partial charge in [0.1, 0.15) is 5.65 Å². The Labute approximate surface area is 172 Å². The fourth-order valence-corrected chi connectivity index (χ4v) is 3.83. The highest BCUT2D eigenvalue weighted by molar-refractivity contribution is 6.30. The smallest absolute Gasteiger partial charge is 0.258 e. The van der Waals surface area contributed by atoms with Crippen LogP contribution in [0, 0.1) is 0 Å². The molecule has 1 atom stereocenters. The first-order chi connectivity index (χ1) is 14.1. The van der Waals surface area contributed by atoms with Gasteiger partial charge in [0, 0.05) is 24.5 Å². The SMILES string of the molecule is O=C(c1ccccc1NCc1cc(=O)n2cc(Cl)ccc2n1)N1CCCC1CO. The van der Waals surface area contributed by atoms with Gasteiger partial charge < -0.3 is 15.3 Å². The van der Waals surface area contributed by atoms with Gasteiger partial charge in [0.15, 0.2) is 0 Å². The van der Waals surface area contributed by atoms with Crippen LogP contribution in [0.25, 0.3) is 5.65 Å². The largest absolute Gasteiger partial charge is 0.394 e. The normalized spacial score (nSPS) is 16.3. The third-order valence-electron chi connectivity index (χ3n) is 5.14. The molecule has 150 valence electrons. The quantitative estimate of drug-likeness (QED) is 0.672. The number of halogens is 1. The van der Waals surface area contributed by atoms with Gasteiger partial charge in [-0.1, -0.05) is 23.7 Å². The number of nitrogens with zero attached hydrogens (tertiary/aromatic N) is 3.